The highest BCUT2D eigenvalue weighted by Crippen LogP contribution is 2.33. The van der Waals surface area contributed by atoms with Gasteiger partial charge in [-0.05, 0) is 50.7 Å². The van der Waals surface area contributed by atoms with Crippen LogP contribution in [-0.4, -0.2) is 65.1 Å². The van der Waals surface area contributed by atoms with Crippen LogP contribution in [0.4, 0.5) is 14.7 Å². The first-order valence-electron chi connectivity index (χ1n) is 12.6. The lowest BCUT2D eigenvalue weighted by molar-refractivity contribution is 0.122. The van der Waals surface area contributed by atoms with Crippen LogP contribution in [0.25, 0.3) is 16.9 Å². The van der Waals surface area contributed by atoms with Crippen LogP contribution in [0.1, 0.15) is 44.9 Å². The van der Waals surface area contributed by atoms with Gasteiger partial charge < -0.3 is 24.8 Å². The molecule has 2 fully saturated rings. The number of hydrogen-bond acceptors (Lipinski definition) is 8. The predicted molar refractivity (Wildman–Crippen MR) is 131 cm³/mol. The van der Waals surface area contributed by atoms with Gasteiger partial charge in [0.1, 0.15) is 17.1 Å². The Morgan fingerprint density at radius 1 is 1.08 bits per heavy atom. The van der Waals surface area contributed by atoms with Crippen molar-refractivity contribution in [2.45, 2.75) is 45.1 Å². The van der Waals surface area contributed by atoms with E-state index in [-0.39, 0.29) is 11.9 Å². The molecule has 0 amide bonds. The van der Waals surface area contributed by atoms with Crippen LogP contribution in [0.15, 0.2) is 24.3 Å². The van der Waals surface area contributed by atoms with Crippen LogP contribution in [0.3, 0.4) is 0 Å². The molecule has 36 heavy (non-hydrogen) atoms. The zero-order chi connectivity index (χ0) is 25.1. The zero-order valence-corrected chi connectivity index (χ0v) is 20.4. The van der Waals surface area contributed by atoms with E-state index >= 15 is 0 Å². The van der Waals surface area contributed by atoms with E-state index < -0.39 is 12.2 Å². The Bertz CT molecular complexity index is 1180. The largest absolute Gasteiger partial charge is 0.492 e. The molecule has 1 aliphatic heterocycles. The van der Waals surface area contributed by atoms with E-state index in [2.05, 4.69) is 15.0 Å². The molecule has 2 N–H and O–H groups in total. The van der Waals surface area contributed by atoms with E-state index in [1.807, 2.05) is 11.8 Å². The zero-order valence-electron chi connectivity index (χ0n) is 20.4. The van der Waals surface area contributed by atoms with E-state index in [4.69, 9.17) is 19.9 Å². The second-order valence-corrected chi connectivity index (χ2v) is 9.22. The maximum Gasteiger partial charge on any atom is 0.296 e. The summed E-state index contributed by atoms with van der Waals surface area (Å²) in [5.74, 6) is 1.47. The van der Waals surface area contributed by atoms with Crippen molar-refractivity contribution in [3.05, 3.63) is 30.1 Å². The maximum absolute atomic E-state index is 14.2. The molecule has 0 radical (unpaired) electrons. The monoisotopic (exact) mass is 502 g/mol. The van der Waals surface area contributed by atoms with Gasteiger partial charge in [-0.1, -0.05) is 6.07 Å². The number of hydrogen-bond donors (Lipinski definition) is 1. The number of halogens is 2. The van der Waals surface area contributed by atoms with Crippen molar-refractivity contribution in [3.63, 3.8) is 0 Å². The number of anilines is 1. The molecule has 1 aromatic carbocycles. The van der Waals surface area contributed by atoms with E-state index in [9.17, 15) is 8.78 Å². The van der Waals surface area contributed by atoms with Gasteiger partial charge in [0.25, 0.3) is 6.43 Å². The summed E-state index contributed by atoms with van der Waals surface area (Å²) in [7, 11) is 0. The van der Waals surface area contributed by atoms with Gasteiger partial charge in [-0.25, -0.2) is 13.8 Å². The average molecular weight is 503 g/mol. The minimum atomic E-state index is -2.82. The van der Waals surface area contributed by atoms with Crippen molar-refractivity contribution in [1.82, 2.24) is 19.5 Å². The van der Waals surface area contributed by atoms with Gasteiger partial charge in [0.15, 0.2) is 5.82 Å². The number of fused-ring (bicyclic) bond motifs is 1. The summed E-state index contributed by atoms with van der Waals surface area (Å²) in [4.78, 5) is 15.5. The molecule has 0 bridgehead atoms. The Balaban J connectivity index is 1.55. The standard InChI is InChI=1S/C25H32F2N6O3/c1-2-35-19-5-3-4-18-22(19)31-24(23(26)27)33(18)20-14-21(36-15-16-6-8-17(28)9-7-16)30-25(29-20)32-10-12-34-13-11-32/h3-5,14,16-17,23H,2,6-13,15,28H2,1H3. The highest BCUT2D eigenvalue weighted by molar-refractivity contribution is 5.84. The summed E-state index contributed by atoms with van der Waals surface area (Å²) in [6.45, 7) is 5.02. The molecule has 2 aliphatic rings. The van der Waals surface area contributed by atoms with Crippen molar-refractivity contribution in [2.24, 2.45) is 11.7 Å². The molecule has 0 unspecified atom stereocenters. The molecule has 0 atom stereocenters. The molecule has 9 nitrogen and oxygen atoms in total. The van der Waals surface area contributed by atoms with Gasteiger partial charge in [0.2, 0.25) is 11.8 Å². The van der Waals surface area contributed by atoms with E-state index in [1.165, 1.54) is 4.57 Å². The molecule has 1 aliphatic carbocycles. The molecule has 1 saturated carbocycles. The Morgan fingerprint density at radius 3 is 2.58 bits per heavy atom. The lowest BCUT2D eigenvalue weighted by Gasteiger charge is -2.28. The minimum Gasteiger partial charge on any atom is -0.492 e. The predicted octanol–water partition coefficient (Wildman–Crippen LogP) is 3.88. The van der Waals surface area contributed by atoms with Gasteiger partial charge >= 0.3 is 0 Å². The highest BCUT2D eigenvalue weighted by atomic mass is 19.3. The van der Waals surface area contributed by atoms with Crippen LogP contribution in [0, 0.1) is 5.92 Å². The summed E-state index contributed by atoms with van der Waals surface area (Å²) in [6.07, 6.45) is 1.13. The molecular formula is C25H32F2N6O3. The number of alkyl halides is 2. The number of imidazole rings is 1. The summed E-state index contributed by atoms with van der Waals surface area (Å²) < 4.78 is 47.0. The van der Waals surface area contributed by atoms with Crippen LogP contribution < -0.4 is 20.1 Å². The fourth-order valence-corrected chi connectivity index (χ4v) is 4.80. The minimum absolute atomic E-state index is 0.253. The molecule has 2 aromatic heterocycles. The molecule has 5 rings (SSSR count). The Kier molecular flexibility index (Phi) is 7.47. The van der Waals surface area contributed by atoms with Crippen LogP contribution in [0.2, 0.25) is 0 Å². The Hall–Kier alpha value is -3.05. The number of benzene rings is 1. The molecule has 3 heterocycles. The van der Waals surface area contributed by atoms with Crippen LogP contribution in [0.5, 0.6) is 11.6 Å². The molecule has 11 heteroatoms. The maximum atomic E-state index is 14.2. The number of nitrogens with zero attached hydrogens (tertiary/aromatic N) is 5. The SMILES string of the molecule is CCOc1cccc2c1nc(C(F)F)n2-c1cc(OCC2CCC(N)CC2)nc(N2CCOCC2)n1. The second kappa shape index (κ2) is 10.9. The van der Waals surface area contributed by atoms with Crippen molar-refractivity contribution in [2.75, 3.05) is 44.4 Å². The number of nitrogens with two attached hydrogens (primary N) is 1. The fourth-order valence-electron chi connectivity index (χ4n) is 4.80. The van der Waals surface area contributed by atoms with Crippen molar-refractivity contribution < 1.29 is 23.0 Å². The van der Waals surface area contributed by atoms with Crippen molar-refractivity contribution in [3.8, 4) is 17.4 Å². The van der Waals surface area contributed by atoms with Crippen molar-refractivity contribution in [1.29, 1.82) is 0 Å². The Labute approximate surface area is 208 Å². The number of morpholine rings is 1. The third-order valence-corrected chi connectivity index (χ3v) is 6.73. The van der Waals surface area contributed by atoms with Gasteiger partial charge in [0.05, 0.1) is 31.9 Å². The quantitative estimate of drug-likeness (QED) is 0.495. The number of ether oxygens (including phenoxy) is 3. The van der Waals surface area contributed by atoms with Crippen LogP contribution >= 0.6 is 0 Å². The molecule has 0 spiro atoms. The number of aromatic nitrogens is 4. The average Bonchev–Trinajstić information content (AvgIpc) is 3.30. The first-order valence-corrected chi connectivity index (χ1v) is 12.6. The first kappa shape index (κ1) is 24.6. The third kappa shape index (κ3) is 5.22. The van der Waals surface area contributed by atoms with Gasteiger partial charge in [-0.2, -0.15) is 9.97 Å². The van der Waals surface area contributed by atoms with Gasteiger partial charge in [0, 0.05) is 25.2 Å². The molecule has 3 aromatic rings. The normalized spacial score (nSPS) is 20.8. The smallest absolute Gasteiger partial charge is 0.296 e. The second-order valence-electron chi connectivity index (χ2n) is 9.22. The van der Waals surface area contributed by atoms with Crippen LogP contribution in [-0.2, 0) is 4.74 Å². The van der Waals surface area contributed by atoms with Crippen molar-refractivity contribution >= 4 is 17.0 Å². The highest BCUT2D eigenvalue weighted by Gasteiger charge is 2.26. The fraction of sp³-hybridized carbons (Fsp3) is 0.560. The third-order valence-electron chi connectivity index (χ3n) is 6.73. The number of para-hydroxylation sites is 1. The number of rotatable bonds is 8. The molecule has 1 saturated heterocycles. The lowest BCUT2D eigenvalue weighted by Crippen LogP contribution is -2.37. The topological polar surface area (TPSA) is 101 Å². The van der Waals surface area contributed by atoms with E-state index in [0.29, 0.717) is 74.0 Å². The molecular weight excluding hydrogens is 470 g/mol. The first-order chi connectivity index (χ1) is 17.5. The molecule has 194 valence electrons. The summed E-state index contributed by atoms with van der Waals surface area (Å²) >= 11 is 0. The van der Waals surface area contributed by atoms with Gasteiger partial charge in [-0.15, -0.1) is 0 Å². The summed E-state index contributed by atoms with van der Waals surface area (Å²) in [6, 6.07) is 7.08. The Morgan fingerprint density at radius 2 is 1.86 bits per heavy atom. The van der Waals surface area contributed by atoms with Gasteiger partial charge in [-0.3, -0.25) is 4.57 Å². The van der Waals surface area contributed by atoms with E-state index in [1.54, 1.807) is 24.3 Å². The summed E-state index contributed by atoms with van der Waals surface area (Å²) in [5.41, 5.74) is 6.88. The van der Waals surface area contributed by atoms with E-state index in [0.717, 1.165) is 25.7 Å². The summed E-state index contributed by atoms with van der Waals surface area (Å²) in [5, 5.41) is 0. The lowest BCUT2D eigenvalue weighted by atomic mass is 9.87.